The molecule has 0 heterocycles. The fourth-order valence-corrected chi connectivity index (χ4v) is 2.59. The van der Waals surface area contributed by atoms with E-state index in [4.69, 9.17) is 9.47 Å². The molecular formula is C14H18O4. The van der Waals surface area contributed by atoms with Gasteiger partial charge in [0.15, 0.2) is 0 Å². The number of benzene rings is 1. The molecule has 1 N–H and O–H groups in total. The van der Waals surface area contributed by atoms with Gasteiger partial charge in [0.1, 0.15) is 5.75 Å². The third kappa shape index (κ3) is 1.77. The fourth-order valence-electron chi connectivity index (χ4n) is 2.59. The van der Waals surface area contributed by atoms with Crippen molar-refractivity contribution in [1.29, 1.82) is 0 Å². The van der Waals surface area contributed by atoms with Gasteiger partial charge in [-0.1, -0.05) is 12.1 Å². The normalized spacial score (nSPS) is 26.3. The Balaban J connectivity index is 2.50. The Morgan fingerprint density at radius 1 is 1.44 bits per heavy atom. The van der Waals surface area contributed by atoms with Gasteiger partial charge in [-0.2, -0.15) is 0 Å². The van der Waals surface area contributed by atoms with Crippen LogP contribution in [0, 0.1) is 5.41 Å². The molecule has 18 heavy (non-hydrogen) atoms. The molecule has 0 spiro atoms. The Morgan fingerprint density at radius 2 is 2.17 bits per heavy atom. The number of esters is 1. The van der Waals surface area contributed by atoms with Crippen molar-refractivity contribution >= 4 is 5.97 Å². The number of methoxy groups -OCH3 is 2. The van der Waals surface area contributed by atoms with Gasteiger partial charge in [0.2, 0.25) is 0 Å². The Bertz CT molecular complexity index is 455. The lowest BCUT2D eigenvalue weighted by molar-refractivity contribution is -0.160. The number of aryl methyl sites for hydroxylation is 1. The molecule has 2 atom stereocenters. The van der Waals surface area contributed by atoms with Crippen molar-refractivity contribution in [3.05, 3.63) is 29.3 Å². The first-order chi connectivity index (χ1) is 8.54. The van der Waals surface area contributed by atoms with Crippen molar-refractivity contribution in [2.24, 2.45) is 5.41 Å². The highest BCUT2D eigenvalue weighted by molar-refractivity contribution is 5.78. The Labute approximate surface area is 107 Å². The van der Waals surface area contributed by atoms with Gasteiger partial charge in [-0.15, -0.1) is 0 Å². The predicted molar refractivity (Wildman–Crippen MR) is 66.4 cm³/mol. The van der Waals surface area contributed by atoms with E-state index in [1.165, 1.54) is 7.11 Å². The molecule has 0 saturated carbocycles. The first-order valence-electron chi connectivity index (χ1n) is 5.97. The standard InChI is InChI=1S/C14H18O4/c1-14(13(16)18-3)8-7-9-5-4-6-10(17-2)11(9)12(14)15/h4-6,12,15H,7-8H2,1-3H3/t12-,14-/m0/s1. The van der Waals surface area contributed by atoms with E-state index in [0.29, 0.717) is 17.7 Å². The van der Waals surface area contributed by atoms with Crippen LogP contribution in [0.1, 0.15) is 30.6 Å². The zero-order valence-electron chi connectivity index (χ0n) is 10.9. The van der Waals surface area contributed by atoms with Gasteiger partial charge in [0.05, 0.1) is 25.7 Å². The molecule has 0 aliphatic heterocycles. The largest absolute Gasteiger partial charge is 0.496 e. The van der Waals surface area contributed by atoms with Gasteiger partial charge in [-0.3, -0.25) is 4.79 Å². The molecule has 0 fully saturated rings. The summed E-state index contributed by atoms with van der Waals surface area (Å²) in [5.41, 5.74) is 0.832. The Kier molecular flexibility index (Phi) is 3.30. The van der Waals surface area contributed by atoms with Crippen LogP contribution in [-0.4, -0.2) is 25.3 Å². The highest BCUT2D eigenvalue weighted by Gasteiger charge is 2.46. The van der Waals surface area contributed by atoms with E-state index in [-0.39, 0.29) is 5.97 Å². The molecule has 0 unspecified atom stereocenters. The lowest BCUT2D eigenvalue weighted by Crippen LogP contribution is -2.39. The summed E-state index contributed by atoms with van der Waals surface area (Å²) < 4.78 is 10.1. The zero-order valence-corrected chi connectivity index (χ0v) is 10.9. The van der Waals surface area contributed by atoms with Gasteiger partial charge in [-0.25, -0.2) is 0 Å². The number of aliphatic hydroxyl groups excluding tert-OH is 1. The van der Waals surface area contributed by atoms with Crippen molar-refractivity contribution in [1.82, 2.24) is 0 Å². The molecule has 0 saturated heterocycles. The first kappa shape index (κ1) is 12.9. The number of carbonyl (C=O) groups is 1. The SMILES string of the molecule is COC(=O)[C@@]1(C)CCc2cccc(OC)c2[C@@H]1O. The van der Waals surface area contributed by atoms with Crippen LogP contribution in [0.25, 0.3) is 0 Å². The van der Waals surface area contributed by atoms with Crippen LogP contribution < -0.4 is 4.74 Å². The summed E-state index contributed by atoms with van der Waals surface area (Å²) in [6.45, 7) is 1.74. The molecular weight excluding hydrogens is 232 g/mol. The molecule has 98 valence electrons. The third-order valence-corrected chi connectivity index (χ3v) is 3.82. The third-order valence-electron chi connectivity index (χ3n) is 3.82. The van der Waals surface area contributed by atoms with E-state index in [0.717, 1.165) is 12.0 Å². The minimum atomic E-state index is -0.906. The molecule has 0 amide bonds. The van der Waals surface area contributed by atoms with Crippen LogP contribution in [-0.2, 0) is 16.0 Å². The summed E-state index contributed by atoms with van der Waals surface area (Å²) in [7, 11) is 2.91. The van der Waals surface area contributed by atoms with E-state index in [9.17, 15) is 9.90 Å². The Morgan fingerprint density at radius 3 is 2.78 bits per heavy atom. The highest BCUT2D eigenvalue weighted by Crippen LogP contribution is 2.47. The highest BCUT2D eigenvalue weighted by atomic mass is 16.5. The van der Waals surface area contributed by atoms with Gasteiger partial charge < -0.3 is 14.6 Å². The van der Waals surface area contributed by atoms with E-state index in [2.05, 4.69) is 0 Å². The average Bonchev–Trinajstić information content (AvgIpc) is 2.41. The number of rotatable bonds is 2. The smallest absolute Gasteiger partial charge is 0.314 e. The minimum Gasteiger partial charge on any atom is -0.496 e. The topological polar surface area (TPSA) is 55.8 Å². The fraction of sp³-hybridized carbons (Fsp3) is 0.500. The second-order valence-electron chi connectivity index (χ2n) is 4.84. The van der Waals surface area contributed by atoms with Crippen LogP contribution in [0.15, 0.2) is 18.2 Å². The molecule has 0 aromatic heterocycles. The molecule has 1 aromatic rings. The maximum atomic E-state index is 11.9. The number of fused-ring (bicyclic) bond motifs is 1. The van der Waals surface area contributed by atoms with E-state index in [1.807, 2.05) is 12.1 Å². The van der Waals surface area contributed by atoms with Crippen molar-refractivity contribution in [2.75, 3.05) is 14.2 Å². The first-order valence-corrected chi connectivity index (χ1v) is 5.97. The summed E-state index contributed by atoms with van der Waals surface area (Å²) in [5, 5.41) is 10.5. The maximum absolute atomic E-state index is 11.9. The summed E-state index contributed by atoms with van der Waals surface area (Å²) in [5.74, 6) is 0.237. The van der Waals surface area contributed by atoms with Crippen molar-refractivity contribution in [3.63, 3.8) is 0 Å². The van der Waals surface area contributed by atoms with Crippen molar-refractivity contribution in [2.45, 2.75) is 25.9 Å². The van der Waals surface area contributed by atoms with Gasteiger partial charge >= 0.3 is 5.97 Å². The molecule has 1 aliphatic rings. The molecule has 0 radical (unpaired) electrons. The lowest BCUT2D eigenvalue weighted by atomic mass is 9.70. The zero-order chi connectivity index (χ0) is 13.3. The van der Waals surface area contributed by atoms with Crippen LogP contribution in [0.2, 0.25) is 0 Å². The van der Waals surface area contributed by atoms with E-state index >= 15 is 0 Å². The molecule has 4 nitrogen and oxygen atoms in total. The van der Waals surface area contributed by atoms with Crippen molar-refractivity contribution in [3.8, 4) is 5.75 Å². The summed E-state index contributed by atoms with van der Waals surface area (Å²) in [6.07, 6.45) is 0.403. The predicted octanol–water partition coefficient (Wildman–Crippen LogP) is 1.85. The summed E-state index contributed by atoms with van der Waals surface area (Å²) >= 11 is 0. The second-order valence-corrected chi connectivity index (χ2v) is 4.84. The van der Waals surface area contributed by atoms with E-state index < -0.39 is 11.5 Å². The number of hydrogen-bond donors (Lipinski definition) is 1. The van der Waals surface area contributed by atoms with Gasteiger partial charge in [0.25, 0.3) is 0 Å². The summed E-state index contributed by atoms with van der Waals surface area (Å²) in [4.78, 5) is 11.9. The van der Waals surface area contributed by atoms with Crippen LogP contribution in [0.5, 0.6) is 5.75 Å². The summed E-state index contributed by atoms with van der Waals surface area (Å²) in [6, 6.07) is 5.65. The number of ether oxygens (including phenoxy) is 2. The number of carbonyl (C=O) groups excluding carboxylic acids is 1. The molecule has 1 aromatic carbocycles. The van der Waals surface area contributed by atoms with Crippen LogP contribution in [0.3, 0.4) is 0 Å². The lowest BCUT2D eigenvalue weighted by Gasteiger charge is -2.37. The number of hydrogen-bond acceptors (Lipinski definition) is 4. The number of aliphatic hydroxyl groups is 1. The molecule has 4 heteroatoms. The van der Waals surface area contributed by atoms with E-state index in [1.54, 1.807) is 20.1 Å². The van der Waals surface area contributed by atoms with Gasteiger partial charge in [-0.05, 0) is 31.4 Å². The van der Waals surface area contributed by atoms with Crippen LogP contribution in [0.4, 0.5) is 0 Å². The maximum Gasteiger partial charge on any atom is 0.314 e. The quantitative estimate of drug-likeness (QED) is 0.814. The monoisotopic (exact) mass is 250 g/mol. The van der Waals surface area contributed by atoms with Crippen molar-refractivity contribution < 1.29 is 19.4 Å². The second kappa shape index (κ2) is 4.61. The Hall–Kier alpha value is -1.55. The molecule has 0 bridgehead atoms. The van der Waals surface area contributed by atoms with Crippen LogP contribution >= 0.6 is 0 Å². The minimum absolute atomic E-state index is 0.383. The van der Waals surface area contributed by atoms with Gasteiger partial charge in [0, 0.05) is 5.56 Å². The average molecular weight is 250 g/mol. The molecule has 1 aliphatic carbocycles. The molecule has 2 rings (SSSR count).